The SMILES string of the molecule is COc1nc(-c2cccc(Br)c2Cl)cc2c1[C@@H](N1CC[C@]3(CCC(=O)N3)C1)CC2. The third kappa shape index (κ3) is 3.25. The van der Waals surface area contributed by atoms with E-state index in [1.54, 1.807) is 7.11 Å². The number of ether oxygens (including phenoxy) is 1. The predicted octanol–water partition coefficient (Wildman–Crippen LogP) is 4.51. The molecule has 1 aromatic heterocycles. The molecule has 5 rings (SSSR count). The van der Waals surface area contributed by atoms with E-state index in [1.165, 1.54) is 11.1 Å². The highest BCUT2D eigenvalue weighted by molar-refractivity contribution is 9.10. The minimum Gasteiger partial charge on any atom is -0.481 e. The van der Waals surface area contributed by atoms with Crippen LogP contribution in [0.25, 0.3) is 11.3 Å². The number of amides is 1. The van der Waals surface area contributed by atoms with Gasteiger partial charge in [-0.2, -0.15) is 0 Å². The van der Waals surface area contributed by atoms with Gasteiger partial charge in [0.25, 0.3) is 0 Å². The number of aryl methyl sites for hydroxylation is 1. The number of likely N-dealkylation sites (tertiary alicyclic amines) is 1. The summed E-state index contributed by atoms with van der Waals surface area (Å²) in [7, 11) is 1.69. The van der Waals surface area contributed by atoms with Gasteiger partial charge in [-0.15, -0.1) is 0 Å². The summed E-state index contributed by atoms with van der Waals surface area (Å²) in [5.74, 6) is 0.876. The van der Waals surface area contributed by atoms with Crippen molar-refractivity contribution in [1.29, 1.82) is 0 Å². The van der Waals surface area contributed by atoms with Crippen molar-refractivity contribution < 1.29 is 9.53 Å². The first-order valence-corrected chi connectivity index (χ1v) is 11.2. The fraction of sp³-hybridized carbons (Fsp3) is 0.455. The number of halogens is 2. The smallest absolute Gasteiger partial charge is 0.220 e. The summed E-state index contributed by atoms with van der Waals surface area (Å²) in [4.78, 5) is 19.1. The second-order valence-electron chi connectivity index (χ2n) is 8.29. The average Bonchev–Trinajstić information content (AvgIpc) is 3.42. The van der Waals surface area contributed by atoms with E-state index >= 15 is 0 Å². The summed E-state index contributed by atoms with van der Waals surface area (Å²) in [6.45, 7) is 1.90. The summed E-state index contributed by atoms with van der Waals surface area (Å²) in [5, 5.41) is 3.89. The molecule has 152 valence electrons. The lowest BCUT2D eigenvalue weighted by Gasteiger charge is -2.28. The number of pyridine rings is 1. The summed E-state index contributed by atoms with van der Waals surface area (Å²) in [6.07, 6.45) is 4.65. The first-order valence-electron chi connectivity index (χ1n) is 10.1. The van der Waals surface area contributed by atoms with Gasteiger partial charge in [0, 0.05) is 41.2 Å². The Hall–Kier alpha value is -1.63. The highest BCUT2D eigenvalue weighted by Gasteiger charge is 2.46. The van der Waals surface area contributed by atoms with Crippen LogP contribution in [0, 0.1) is 0 Å². The van der Waals surface area contributed by atoms with Gasteiger partial charge in [-0.25, -0.2) is 4.98 Å². The first-order chi connectivity index (χ1) is 14.0. The van der Waals surface area contributed by atoms with E-state index < -0.39 is 0 Å². The van der Waals surface area contributed by atoms with Crippen molar-refractivity contribution in [3.05, 3.63) is 44.9 Å². The molecule has 3 aliphatic rings. The molecule has 1 aliphatic carbocycles. The zero-order valence-electron chi connectivity index (χ0n) is 16.3. The maximum absolute atomic E-state index is 11.8. The van der Waals surface area contributed by atoms with E-state index in [0.717, 1.165) is 54.5 Å². The second-order valence-corrected chi connectivity index (χ2v) is 9.53. The number of benzene rings is 1. The van der Waals surface area contributed by atoms with E-state index in [1.807, 2.05) is 18.2 Å². The Morgan fingerprint density at radius 1 is 1.34 bits per heavy atom. The van der Waals surface area contributed by atoms with Crippen molar-refractivity contribution in [1.82, 2.24) is 15.2 Å². The van der Waals surface area contributed by atoms with Gasteiger partial charge in [-0.3, -0.25) is 9.69 Å². The molecule has 0 unspecified atom stereocenters. The van der Waals surface area contributed by atoms with Crippen LogP contribution in [0.3, 0.4) is 0 Å². The molecule has 2 saturated heterocycles. The van der Waals surface area contributed by atoms with Gasteiger partial charge in [0.2, 0.25) is 11.8 Å². The van der Waals surface area contributed by atoms with Gasteiger partial charge in [0.15, 0.2) is 0 Å². The molecule has 2 aromatic rings. The number of hydrogen-bond donors (Lipinski definition) is 1. The normalized spacial score (nSPS) is 26.2. The zero-order chi connectivity index (χ0) is 20.2. The molecule has 1 aromatic carbocycles. The predicted molar refractivity (Wildman–Crippen MR) is 116 cm³/mol. The number of nitrogens with one attached hydrogen (secondary N) is 1. The molecule has 7 heteroatoms. The van der Waals surface area contributed by atoms with Gasteiger partial charge < -0.3 is 10.1 Å². The number of methoxy groups -OCH3 is 1. The number of carbonyl (C=O) groups is 1. The molecule has 0 radical (unpaired) electrons. The monoisotopic (exact) mass is 475 g/mol. The van der Waals surface area contributed by atoms with Crippen LogP contribution in [-0.2, 0) is 11.2 Å². The molecule has 29 heavy (non-hydrogen) atoms. The Morgan fingerprint density at radius 3 is 2.97 bits per heavy atom. The van der Waals surface area contributed by atoms with Crippen LogP contribution >= 0.6 is 27.5 Å². The maximum atomic E-state index is 11.8. The van der Waals surface area contributed by atoms with Crippen molar-refractivity contribution >= 4 is 33.4 Å². The third-order valence-electron chi connectivity index (χ3n) is 6.61. The van der Waals surface area contributed by atoms with Crippen molar-refractivity contribution in [2.75, 3.05) is 20.2 Å². The van der Waals surface area contributed by atoms with E-state index in [-0.39, 0.29) is 17.5 Å². The molecule has 1 amide bonds. The van der Waals surface area contributed by atoms with Crippen LogP contribution < -0.4 is 10.1 Å². The van der Waals surface area contributed by atoms with Crippen molar-refractivity contribution in [2.45, 2.75) is 43.7 Å². The Morgan fingerprint density at radius 2 is 2.21 bits per heavy atom. The maximum Gasteiger partial charge on any atom is 0.220 e. The summed E-state index contributed by atoms with van der Waals surface area (Å²) in [5.41, 5.74) is 4.19. The Balaban J connectivity index is 1.48. The van der Waals surface area contributed by atoms with Crippen molar-refractivity contribution in [3.8, 4) is 17.1 Å². The molecule has 2 aliphatic heterocycles. The lowest BCUT2D eigenvalue weighted by Crippen LogP contribution is -2.44. The molecule has 0 saturated carbocycles. The fourth-order valence-electron chi connectivity index (χ4n) is 5.19. The average molecular weight is 477 g/mol. The molecule has 2 fully saturated rings. The van der Waals surface area contributed by atoms with Gasteiger partial charge >= 0.3 is 0 Å². The number of fused-ring (bicyclic) bond motifs is 1. The van der Waals surface area contributed by atoms with E-state index in [0.29, 0.717) is 17.3 Å². The number of hydrogen-bond acceptors (Lipinski definition) is 4. The first kappa shape index (κ1) is 19.3. The van der Waals surface area contributed by atoms with E-state index in [2.05, 4.69) is 32.2 Å². The van der Waals surface area contributed by atoms with Crippen LogP contribution in [0.15, 0.2) is 28.7 Å². The van der Waals surface area contributed by atoms with Gasteiger partial charge in [-0.05, 0) is 59.3 Å². The molecule has 2 atom stereocenters. The van der Waals surface area contributed by atoms with Crippen LogP contribution in [0.4, 0.5) is 0 Å². The summed E-state index contributed by atoms with van der Waals surface area (Å²) >= 11 is 10.0. The van der Waals surface area contributed by atoms with Crippen molar-refractivity contribution in [2.24, 2.45) is 0 Å². The highest BCUT2D eigenvalue weighted by Crippen LogP contribution is 2.46. The van der Waals surface area contributed by atoms with Gasteiger partial charge in [-0.1, -0.05) is 23.7 Å². The van der Waals surface area contributed by atoms with Crippen LogP contribution in [0.1, 0.15) is 42.9 Å². The Bertz CT molecular complexity index is 998. The lowest BCUT2D eigenvalue weighted by molar-refractivity contribution is -0.119. The van der Waals surface area contributed by atoms with Crippen LogP contribution in [0.2, 0.25) is 5.02 Å². The summed E-state index contributed by atoms with van der Waals surface area (Å²) < 4.78 is 6.61. The van der Waals surface area contributed by atoms with Crippen LogP contribution in [-0.4, -0.2) is 41.5 Å². The lowest BCUT2D eigenvalue weighted by atomic mass is 9.97. The Kier molecular flexibility index (Phi) is 4.84. The second kappa shape index (κ2) is 7.25. The number of rotatable bonds is 3. The topological polar surface area (TPSA) is 54.5 Å². The molecule has 3 heterocycles. The minimum atomic E-state index is -0.0374. The van der Waals surface area contributed by atoms with Crippen molar-refractivity contribution in [3.63, 3.8) is 0 Å². The number of aromatic nitrogens is 1. The van der Waals surface area contributed by atoms with E-state index in [4.69, 9.17) is 21.3 Å². The number of carbonyl (C=O) groups excluding carboxylic acids is 1. The molecular formula is C22H23BrClN3O2. The number of nitrogens with zero attached hydrogens (tertiary/aromatic N) is 2. The highest BCUT2D eigenvalue weighted by atomic mass is 79.9. The third-order valence-corrected chi connectivity index (χ3v) is 7.91. The molecule has 0 bridgehead atoms. The van der Waals surface area contributed by atoms with Crippen LogP contribution in [0.5, 0.6) is 5.88 Å². The molecule has 1 spiro atoms. The fourth-order valence-corrected chi connectivity index (χ4v) is 5.78. The minimum absolute atomic E-state index is 0.0374. The largest absolute Gasteiger partial charge is 0.481 e. The molecular weight excluding hydrogens is 454 g/mol. The van der Waals surface area contributed by atoms with Gasteiger partial charge in [0.05, 0.1) is 23.4 Å². The quantitative estimate of drug-likeness (QED) is 0.708. The Labute approximate surface area is 183 Å². The standard InChI is InChI=1S/C22H23BrClN3O2/c1-29-21-19-13(11-16(25-21)14-3-2-4-15(23)20(14)24)5-6-17(19)27-10-9-22(12-27)8-7-18(28)26-22/h2-4,11,17H,5-10,12H2,1H3,(H,26,28)/t17-,22+/m0/s1. The molecule has 5 nitrogen and oxygen atoms in total. The summed E-state index contributed by atoms with van der Waals surface area (Å²) in [6, 6.07) is 8.33. The van der Waals surface area contributed by atoms with E-state index in [9.17, 15) is 4.79 Å². The zero-order valence-corrected chi connectivity index (χ0v) is 18.6. The van der Waals surface area contributed by atoms with Gasteiger partial charge in [0.1, 0.15) is 0 Å². The molecule has 1 N–H and O–H groups in total.